The van der Waals surface area contributed by atoms with E-state index in [0.29, 0.717) is 5.56 Å². The van der Waals surface area contributed by atoms with Gasteiger partial charge in [-0.2, -0.15) is 0 Å². The van der Waals surface area contributed by atoms with Gasteiger partial charge in [-0.1, -0.05) is 37.3 Å². The molecule has 0 spiro atoms. The molecule has 0 aliphatic heterocycles. The van der Waals surface area contributed by atoms with Crippen LogP contribution in [-0.4, -0.2) is 10.7 Å². The van der Waals surface area contributed by atoms with Crippen molar-refractivity contribution in [2.45, 2.75) is 24.8 Å². The van der Waals surface area contributed by atoms with Gasteiger partial charge >= 0.3 is 0 Å². The van der Waals surface area contributed by atoms with Crippen LogP contribution in [-0.2, 0) is 0 Å². The molecule has 0 saturated carbocycles. The largest absolute Gasteiger partial charge is 0.377 e. The minimum atomic E-state index is -0.333. The Hall–Kier alpha value is -2.01. The van der Waals surface area contributed by atoms with Crippen LogP contribution in [0.25, 0.3) is 0 Å². The zero-order valence-electron chi connectivity index (χ0n) is 12.1. The summed E-state index contributed by atoms with van der Waals surface area (Å²) in [5.74, 6) is 0.985. The molecule has 0 bridgehead atoms. The maximum absolute atomic E-state index is 11.1. The quantitative estimate of drug-likeness (QED) is 0.469. The smallest absolute Gasteiger partial charge is 0.274 e. The lowest BCUT2D eigenvalue weighted by atomic mass is 10.1. The maximum Gasteiger partial charge on any atom is 0.274 e. The number of nitrogens with zero attached hydrogens (tertiary/aromatic N) is 1. The fourth-order valence-electron chi connectivity index (χ4n) is 2.20. The molecule has 2 aromatic carbocycles. The SMILES string of the molecule is CCSc1ccccc1NC(C)c1ccccc1[N+](=O)[O-]. The second-order valence-electron chi connectivity index (χ2n) is 4.61. The summed E-state index contributed by atoms with van der Waals surface area (Å²) in [5.41, 5.74) is 1.85. The van der Waals surface area contributed by atoms with E-state index in [1.807, 2.05) is 31.2 Å². The van der Waals surface area contributed by atoms with Crippen LogP contribution in [0.15, 0.2) is 53.4 Å². The van der Waals surface area contributed by atoms with Gasteiger partial charge < -0.3 is 5.32 Å². The summed E-state index contributed by atoms with van der Waals surface area (Å²) in [5, 5.41) is 14.5. The number of nitro groups is 1. The molecule has 0 fully saturated rings. The van der Waals surface area contributed by atoms with Gasteiger partial charge in [0.05, 0.1) is 16.5 Å². The van der Waals surface area contributed by atoms with Crippen molar-refractivity contribution in [3.05, 3.63) is 64.2 Å². The molecule has 1 N–H and O–H groups in total. The highest BCUT2D eigenvalue weighted by molar-refractivity contribution is 7.99. The fourth-order valence-corrected chi connectivity index (χ4v) is 2.97. The summed E-state index contributed by atoms with van der Waals surface area (Å²) in [6.45, 7) is 4.04. The average Bonchev–Trinajstić information content (AvgIpc) is 2.49. The van der Waals surface area contributed by atoms with Crippen LogP contribution >= 0.6 is 11.8 Å². The third-order valence-electron chi connectivity index (χ3n) is 3.16. The van der Waals surface area contributed by atoms with E-state index in [4.69, 9.17) is 0 Å². The van der Waals surface area contributed by atoms with Crippen molar-refractivity contribution in [3.8, 4) is 0 Å². The van der Waals surface area contributed by atoms with E-state index in [0.717, 1.165) is 16.3 Å². The minimum Gasteiger partial charge on any atom is -0.377 e. The summed E-state index contributed by atoms with van der Waals surface area (Å²) in [6, 6.07) is 14.7. The topological polar surface area (TPSA) is 55.2 Å². The monoisotopic (exact) mass is 302 g/mol. The van der Waals surface area contributed by atoms with Gasteiger partial charge in [-0.3, -0.25) is 10.1 Å². The van der Waals surface area contributed by atoms with Crippen molar-refractivity contribution in [2.24, 2.45) is 0 Å². The predicted molar refractivity (Wildman–Crippen MR) is 88.0 cm³/mol. The number of benzene rings is 2. The Kier molecular flexibility index (Phi) is 5.22. The number of hydrogen-bond acceptors (Lipinski definition) is 4. The van der Waals surface area contributed by atoms with E-state index in [1.165, 1.54) is 0 Å². The number of nitro benzene ring substituents is 1. The van der Waals surface area contributed by atoms with Crippen molar-refractivity contribution in [2.75, 3.05) is 11.1 Å². The summed E-state index contributed by atoms with van der Waals surface area (Å²) in [7, 11) is 0. The van der Waals surface area contributed by atoms with Crippen LogP contribution in [0, 0.1) is 10.1 Å². The summed E-state index contributed by atoms with van der Waals surface area (Å²) < 4.78 is 0. The standard InChI is InChI=1S/C16H18N2O2S/c1-3-21-16-11-7-5-9-14(16)17-12(2)13-8-4-6-10-15(13)18(19)20/h4-12,17H,3H2,1-2H3. The zero-order chi connectivity index (χ0) is 15.2. The molecule has 0 aromatic heterocycles. The van der Waals surface area contributed by atoms with Crippen molar-refractivity contribution < 1.29 is 4.92 Å². The van der Waals surface area contributed by atoms with Gasteiger partial charge in [-0.05, 0) is 24.8 Å². The zero-order valence-corrected chi connectivity index (χ0v) is 12.9. The molecule has 4 nitrogen and oxygen atoms in total. The molecule has 21 heavy (non-hydrogen) atoms. The first-order valence-corrected chi connectivity index (χ1v) is 7.83. The Labute approximate surface area is 128 Å². The van der Waals surface area contributed by atoms with E-state index >= 15 is 0 Å². The number of thioether (sulfide) groups is 1. The second kappa shape index (κ2) is 7.13. The van der Waals surface area contributed by atoms with Crippen molar-refractivity contribution in [1.82, 2.24) is 0 Å². The third-order valence-corrected chi connectivity index (χ3v) is 4.11. The van der Waals surface area contributed by atoms with Crippen LogP contribution in [0.3, 0.4) is 0 Å². The van der Waals surface area contributed by atoms with E-state index in [2.05, 4.69) is 18.3 Å². The normalized spacial score (nSPS) is 11.9. The molecule has 0 heterocycles. The molecule has 0 saturated heterocycles. The maximum atomic E-state index is 11.1. The molecule has 1 unspecified atom stereocenters. The Bertz CT molecular complexity index is 631. The van der Waals surface area contributed by atoms with Gasteiger partial charge in [0.25, 0.3) is 5.69 Å². The lowest BCUT2D eigenvalue weighted by Crippen LogP contribution is -2.09. The number of hydrogen-bond donors (Lipinski definition) is 1. The van der Waals surface area contributed by atoms with Crippen LogP contribution in [0.4, 0.5) is 11.4 Å². The third kappa shape index (κ3) is 3.76. The lowest BCUT2D eigenvalue weighted by molar-refractivity contribution is -0.385. The molecule has 2 rings (SSSR count). The lowest BCUT2D eigenvalue weighted by Gasteiger charge is -2.18. The van der Waals surface area contributed by atoms with Gasteiger partial charge in [0.2, 0.25) is 0 Å². The van der Waals surface area contributed by atoms with Gasteiger partial charge in [0, 0.05) is 16.6 Å². The molecule has 1 atom stereocenters. The Morgan fingerprint density at radius 1 is 1.19 bits per heavy atom. The van der Waals surface area contributed by atoms with Gasteiger partial charge in [0.15, 0.2) is 0 Å². The van der Waals surface area contributed by atoms with Crippen molar-refractivity contribution >= 4 is 23.1 Å². The minimum absolute atomic E-state index is 0.134. The van der Waals surface area contributed by atoms with Gasteiger partial charge in [-0.25, -0.2) is 0 Å². The summed E-state index contributed by atoms with van der Waals surface area (Å²) in [6.07, 6.45) is 0. The van der Waals surface area contributed by atoms with E-state index in [-0.39, 0.29) is 16.7 Å². The molecule has 0 radical (unpaired) electrons. The molecular formula is C16H18N2O2S. The van der Waals surface area contributed by atoms with Crippen LogP contribution in [0.2, 0.25) is 0 Å². The summed E-state index contributed by atoms with van der Waals surface area (Å²) in [4.78, 5) is 11.9. The highest BCUT2D eigenvalue weighted by atomic mass is 32.2. The molecular weight excluding hydrogens is 284 g/mol. The number of nitrogens with one attached hydrogen (secondary N) is 1. The average molecular weight is 302 g/mol. The molecule has 0 aliphatic carbocycles. The second-order valence-corrected chi connectivity index (χ2v) is 5.92. The molecule has 0 aliphatic rings. The Morgan fingerprint density at radius 3 is 2.57 bits per heavy atom. The fraction of sp³-hybridized carbons (Fsp3) is 0.250. The van der Waals surface area contributed by atoms with E-state index < -0.39 is 0 Å². The van der Waals surface area contributed by atoms with Crippen LogP contribution in [0.1, 0.15) is 25.5 Å². The van der Waals surface area contributed by atoms with Crippen molar-refractivity contribution in [3.63, 3.8) is 0 Å². The molecule has 2 aromatic rings. The Balaban J connectivity index is 2.26. The van der Waals surface area contributed by atoms with Crippen LogP contribution < -0.4 is 5.32 Å². The Morgan fingerprint density at radius 2 is 1.86 bits per heavy atom. The van der Waals surface area contributed by atoms with Crippen molar-refractivity contribution in [1.29, 1.82) is 0 Å². The number of anilines is 1. The highest BCUT2D eigenvalue weighted by Crippen LogP contribution is 2.32. The highest BCUT2D eigenvalue weighted by Gasteiger charge is 2.18. The number of para-hydroxylation sites is 2. The van der Waals surface area contributed by atoms with Crippen LogP contribution in [0.5, 0.6) is 0 Å². The predicted octanol–water partition coefficient (Wildman–Crippen LogP) is 4.88. The van der Waals surface area contributed by atoms with Gasteiger partial charge in [-0.15, -0.1) is 11.8 Å². The first-order valence-electron chi connectivity index (χ1n) is 6.85. The number of rotatable bonds is 6. The molecule has 0 amide bonds. The summed E-state index contributed by atoms with van der Waals surface area (Å²) >= 11 is 1.75. The first kappa shape index (κ1) is 15.4. The molecule has 110 valence electrons. The first-order chi connectivity index (χ1) is 10.1. The van der Waals surface area contributed by atoms with Gasteiger partial charge in [0.1, 0.15) is 0 Å². The molecule has 5 heteroatoms. The van der Waals surface area contributed by atoms with E-state index in [1.54, 1.807) is 30.0 Å². The van der Waals surface area contributed by atoms with E-state index in [9.17, 15) is 10.1 Å².